The Balaban J connectivity index is 1.47. The van der Waals surface area contributed by atoms with Crippen LogP contribution >= 0.6 is 0 Å². The highest BCUT2D eigenvalue weighted by molar-refractivity contribution is 4.69. The number of nitrogens with zero attached hydrogens (tertiary/aromatic N) is 1. The van der Waals surface area contributed by atoms with Crippen molar-refractivity contribution in [3.8, 4) is 0 Å². The Kier molecular flexibility index (Phi) is 4.90. The maximum absolute atomic E-state index is 5.75. The van der Waals surface area contributed by atoms with Crippen LogP contribution in [0.5, 0.6) is 0 Å². The summed E-state index contributed by atoms with van der Waals surface area (Å²) in [5.74, 6) is 0.761. The molecule has 1 unspecified atom stereocenters. The Labute approximate surface area is 93.2 Å². The van der Waals surface area contributed by atoms with Gasteiger partial charge in [-0.15, -0.1) is 0 Å². The standard InChI is InChI=1S/C12H24N2O/c1-2-7-14(6-1)8-9-15-11-12-4-3-5-13-10-12/h12-13H,1-11H2. The fraction of sp³-hybridized carbons (Fsp3) is 1.00. The van der Waals surface area contributed by atoms with Gasteiger partial charge in [0.2, 0.25) is 0 Å². The minimum atomic E-state index is 0.761. The molecule has 0 bridgehead atoms. The van der Waals surface area contributed by atoms with Gasteiger partial charge in [-0.2, -0.15) is 0 Å². The lowest BCUT2D eigenvalue weighted by atomic mass is 10.0. The van der Waals surface area contributed by atoms with E-state index in [0.29, 0.717) is 0 Å². The lowest BCUT2D eigenvalue weighted by Crippen LogP contribution is -2.33. The second-order valence-corrected chi connectivity index (χ2v) is 4.84. The summed E-state index contributed by atoms with van der Waals surface area (Å²) < 4.78 is 5.75. The van der Waals surface area contributed by atoms with E-state index < -0.39 is 0 Å². The Hall–Kier alpha value is -0.120. The molecule has 2 fully saturated rings. The van der Waals surface area contributed by atoms with E-state index in [9.17, 15) is 0 Å². The van der Waals surface area contributed by atoms with Crippen LogP contribution in [0.3, 0.4) is 0 Å². The fourth-order valence-electron chi connectivity index (χ4n) is 2.52. The number of nitrogens with one attached hydrogen (secondary N) is 1. The van der Waals surface area contributed by atoms with Crippen LogP contribution in [-0.2, 0) is 4.74 Å². The zero-order valence-electron chi connectivity index (χ0n) is 9.71. The van der Waals surface area contributed by atoms with Gasteiger partial charge in [0.05, 0.1) is 13.2 Å². The molecule has 1 atom stereocenters. The third kappa shape index (κ3) is 4.09. The zero-order valence-corrected chi connectivity index (χ0v) is 9.71. The number of hydrogen-bond donors (Lipinski definition) is 1. The van der Waals surface area contributed by atoms with Gasteiger partial charge in [0, 0.05) is 13.1 Å². The molecule has 0 radical (unpaired) electrons. The van der Waals surface area contributed by atoms with E-state index in [0.717, 1.165) is 32.2 Å². The average molecular weight is 212 g/mol. The number of ether oxygens (including phenoxy) is 1. The van der Waals surface area contributed by atoms with Gasteiger partial charge >= 0.3 is 0 Å². The molecule has 2 aliphatic rings. The largest absolute Gasteiger partial charge is 0.380 e. The molecule has 3 nitrogen and oxygen atoms in total. The predicted octanol–water partition coefficient (Wildman–Crippen LogP) is 1.10. The Morgan fingerprint density at radius 2 is 2.07 bits per heavy atom. The van der Waals surface area contributed by atoms with Crippen molar-refractivity contribution >= 4 is 0 Å². The summed E-state index contributed by atoms with van der Waals surface area (Å²) in [6.45, 7) is 7.95. The van der Waals surface area contributed by atoms with Gasteiger partial charge in [0.15, 0.2) is 0 Å². The molecular weight excluding hydrogens is 188 g/mol. The van der Waals surface area contributed by atoms with Gasteiger partial charge in [-0.3, -0.25) is 0 Å². The molecule has 0 amide bonds. The molecule has 0 aromatic rings. The third-order valence-corrected chi connectivity index (χ3v) is 3.50. The van der Waals surface area contributed by atoms with Crippen LogP contribution in [0.4, 0.5) is 0 Å². The molecule has 0 aromatic heterocycles. The minimum Gasteiger partial charge on any atom is -0.380 e. The molecule has 2 saturated heterocycles. The van der Waals surface area contributed by atoms with Crippen molar-refractivity contribution in [1.29, 1.82) is 0 Å². The summed E-state index contributed by atoms with van der Waals surface area (Å²) in [5.41, 5.74) is 0. The monoisotopic (exact) mass is 212 g/mol. The first-order chi connectivity index (χ1) is 7.45. The highest BCUT2D eigenvalue weighted by atomic mass is 16.5. The summed E-state index contributed by atoms with van der Waals surface area (Å²) in [7, 11) is 0. The number of likely N-dealkylation sites (tertiary alicyclic amines) is 1. The Bertz CT molecular complexity index is 163. The maximum atomic E-state index is 5.75. The van der Waals surface area contributed by atoms with E-state index in [-0.39, 0.29) is 0 Å². The molecule has 2 aliphatic heterocycles. The SMILES string of the molecule is C1CNCC(COCCN2CCCC2)C1. The second-order valence-electron chi connectivity index (χ2n) is 4.84. The predicted molar refractivity (Wildman–Crippen MR) is 62.1 cm³/mol. The van der Waals surface area contributed by atoms with Crippen LogP contribution in [0, 0.1) is 5.92 Å². The van der Waals surface area contributed by atoms with Crippen LogP contribution in [0.25, 0.3) is 0 Å². The number of hydrogen-bond acceptors (Lipinski definition) is 3. The van der Waals surface area contributed by atoms with E-state index in [1.54, 1.807) is 0 Å². The first-order valence-electron chi connectivity index (χ1n) is 6.46. The molecular formula is C12H24N2O. The van der Waals surface area contributed by atoms with E-state index in [1.807, 2.05) is 0 Å². The summed E-state index contributed by atoms with van der Waals surface area (Å²) in [6, 6.07) is 0. The van der Waals surface area contributed by atoms with Gasteiger partial charge in [0.1, 0.15) is 0 Å². The van der Waals surface area contributed by atoms with Crippen molar-refractivity contribution in [2.24, 2.45) is 5.92 Å². The summed E-state index contributed by atoms with van der Waals surface area (Å²) in [4.78, 5) is 2.51. The van der Waals surface area contributed by atoms with Crippen LogP contribution in [0.1, 0.15) is 25.7 Å². The molecule has 0 saturated carbocycles. The smallest absolute Gasteiger partial charge is 0.0593 e. The molecule has 15 heavy (non-hydrogen) atoms. The van der Waals surface area contributed by atoms with Gasteiger partial charge < -0.3 is 15.0 Å². The van der Waals surface area contributed by atoms with Crippen molar-refractivity contribution in [2.75, 3.05) is 45.9 Å². The molecule has 0 aromatic carbocycles. The lowest BCUT2D eigenvalue weighted by molar-refractivity contribution is 0.0750. The quantitative estimate of drug-likeness (QED) is 0.691. The van der Waals surface area contributed by atoms with Crippen molar-refractivity contribution in [3.05, 3.63) is 0 Å². The van der Waals surface area contributed by atoms with Gasteiger partial charge in [-0.05, 0) is 51.2 Å². The van der Waals surface area contributed by atoms with E-state index in [2.05, 4.69) is 10.2 Å². The van der Waals surface area contributed by atoms with Crippen molar-refractivity contribution < 1.29 is 4.74 Å². The highest BCUT2D eigenvalue weighted by Crippen LogP contribution is 2.10. The molecule has 0 spiro atoms. The van der Waals surface area contributed by atoms with Gasteiger partial charge in [-0.1, -0.05) is 0 Å². The normalized spacial score (nSPS) is 28.4. The van der Waals surface area contributed by atoms with Crippen LogP contribution < -0.4 is 5.32 Å². The highest BCUT2D eigenvalue weighted by Gasteiger charge is 2.14. The van der Waals surface area contributed by atoms with Crippen LogP contribution in [0.2, 0.25) is 0 Å². The second kappa shape index (κ2) is 6.46. The van der Waals surface area contributed by atoms with E-state index in [4.69, 9.17) is 4.74 Å². The Morgan fingerprint density at radius 3 is 2.80 bits per heavy atom. The Morgan fingerprint density at radius 1 is 1.20 bits per heavy atom. The first-order valence-corrected chi connectivity index (χ1v) is 6.46. The van der Waals surface area contributed by atoms with E-state index in [1.165, 1.54) is 45.3 Å². The van der Waals surface area contributed by atoms with Crippen LogP contribution in [-0.4, -0.2) is 50.8 Å². The minimum absolute atomic E-state index is 0.761. The molecule has 2 heterocycles. The maximum Gasteiger partial charge on any atom is 0.0593 e. The van der Waals surface area contributed by atoms with E-state index >= 15 is 0 Å². The molecule has 1 N–H and O–H groups in total. The van der Waals surface area contributed by atoms with Crippen molar-refractivity contribution in [2.45, 2.75) is 25.7 Å². The molecule has 2 rings (SSSR count). The summed E-state index contributed by atoms with van der Waals surface area (Å²) >= 11 is 0. The summed E-state index contributed by atoms with van der Waals surface area (Å²) in [6.07, 6.45) is 5.43. The lowest BCUT2D eigenvalue weighted by Gasteiger charge is -2.23. The molecule has 88 valence electrons. The topological polar surface area (TPSA) is 24.5 Å². The summed E-state index contributed by atoms with van der Waals surface area (Å²) in [5, 5.41) is 3.43. The van der Waals surface area contributed by atoms with Crippen molar-refractivity contribution in [3.63, 3.8) is 0 Å². The fourth-order valence-corrected chi connectivity index (χ4v) is 2.52. The van der Waals surface area contributed by atoms with Crippen LogP contribution in [0.15, 0.2) is 0 Å². The van der Waals surface area contributed by atoms with Gasteiger partial charge in [0.25, 0.3) is 0 Å². The van der Waals surface area contributed by atoms with Crippen molar-refractivity contribution in [1.82, 2.24) is 10.2 Å². The zero-order chi connectivity index (χ0) is 10.3. The first kappa shape index (κ1) is 11.4. The van der Waals surface area contributed by atoms with Gasteiger partial charge in [-0.25, -0.2) is 0 Å². The molecule has 0 aliphatic carbocycles. The number of piperidine rings is 1. The number of rotatable bonds is 5. The molecule has 3 heteroatoms. The third-order valence-electron chi connectivity index (χ3n) is 3.50. The average Bonchev–Trinajstić information content (AvgIpc) is 2.79.